The van der Waals surface area contributed by atoms with Crippen LogP contribution in [0.2, 0.25) is 0 Å². The van der Waals surface area contributed by atoms with Gasteiger partial charge in [-0.1, -0.05) is 29.8 Å². The summed E-state index contributed by atoms with van der Waals surface area (Å²) in [5, 5.41) is 11.2. The number of nitriles is 1. The summed E-state index contributed by atoms with van der Waals surface area (Å²) >= 11 is 0. The van der Waals surface area contributed by atoms with Crippen LogP contribution in [0.3, 0.4) is 0 Å². The van der Waals surface area contributed by atoms with Crippen LogP contribution in [-0.4, -0.2) is 17.0 Å². The van der Waals surface area contributed by atoms with Crippen LogP contribution >= 0.6 is 0 Å². The minimum Gasteiger partial charge on any atom is -0.355 e. The van der Waals surface area contributed by atoms with Gasteiger partial charge in [0.05, 0.1) is 0 Å². The van der Waals surface area contributed by atoms with Gasteiger partial charge >= 0.3 is 0 Å². The summed E-state index contributed by atoms with van der Waals surface area (Å²) in [6.07, 6.45) is 1.87. The molecular formula is C15H17N5. The summed E-state index contributed by atoms with van der Waals surface area (Å²) in [5.41, 5.74) is 2.46. The van der Waals surface area contributed by atoms with Crippen molar-refractivity contribution in [2.75, 3.05) is 17.3 Å². The molecule has 1 heterocycles. The van der Waals surface area contributed by atoms with Crippen molar-refractivity contribution in [1.82, 2.24) is 9.97 Å². The zero-order valence-corrected chi connectivity index (χ0v) is 11.9. The Labute approximate surface area is 118 Å². The molecule has 102 valence electrons. The van der Waals surface area contributed by atoms with Crippen LogP contribution in [0.15, 0.2) is 30.3 Å². The highest BCUT2D eigenvalue weighted by Crippen LogP contribution is 2.17. The smallest absolute Gasteiger partial charge is 0.182 e. The SMILES string of the molecule is Cc1ccc(CN(C)c2cc(NC#N)nc(C)n2)cc1. The van der Waals surface area contributed by atoms with Gasteiger partial charge in [0.1, 0.15) is 17.5 Å². The third-order valence-corrected chi connectivity index (χ3v) is 2.94. The second-order valence-corrected chi connectivity index (χ2v) is 4.74. The summed E-state index contributed by atoms with van der Waals surface area (Å²) in [6, 6.07) is 10.2. The lowest BCUT2D eigenvalue weighted by atomic mass is 10.1. The Bertz CT molecular complexity index is 628. The molecule has 0 fully saturated rings. The number of aryl methyl sites for hydroxylation is 2. The molecule has 20 heavy (non-hydrogen) atoms. The molecule has 0 amide bonds. The topological polar surface area (TPSA) is 64.8 Å². The number of aromatic nitrogens is 2. The molecule has 0 aliphatic heterocycles. The first kappa shape index (κ1) is 13.8. The van der Waals surface area contributed by atoms with E-state index >= 15 is 0 Å². The lowest BCUT2D eigenvalue weighted by Gasteiger charge is -2.19. The Kier molecular flexibility index (Phi) is 4.16. The molecule has 2 aromatic rings. The van der Waals surface area contributed by atoms with Gasteiger partial charge in [-0.3, -0.25) is 5.32 Å². The molecule has 1 aromatic carbocycles. The Balaban J connectivity index is 2.18. The predicted molar refractivity (Wildman–Crippen MR) is 79.3 cm³/mol. The number of nitrogens with one attached hydrogen (secondary N) is 1. The second kappa shape index (κ2) is 6.02. The van der Waals surface area contributed by atoms with Gasteiger partial charge < -0.3 is 4.90 Å². The van der Waals surface area contributed by atoms with Crippen LogP contribution in [0.4, 0.5) is 11.6 Å². The van der Waals surface area contributed by atoms with Gasteiger partial charge in [0.25, 0.3) is 0 Å². The monoisotopic (exact) mass is 267 g/mol. The van der Waals surface area contributed by atoms with E-state index in [1.54, 1.807) is 6.07 Å². The molecule has 0 unspecified atom stereocenters. The van der Waals surface area contributed by atoms with E-state index in [9.17, 15) is 0 Å². The molecule has 5 nitrogen and oxygen atoms in total. The maximum Gasteiger partial charge on any atom is 0.182 e. The van der Waals surface area contributed by atoms with E-state index in [1.807, 2.05) is 25.1 Å². The van der Waals surface area contributed by atoms with Gasteiger partial charge in [-0.05, 0) is 19.4 Å². The van der Waals surface area contributed by atoms with Gasteiger partial charge in [0.15, 0.2) is 6.19 Å². The minimum absolute atomic E-state index is 0.519. The summed E-state index contributed by atoms with van der Waals surface area (Å²) < 4.78 is 0. The molecule has 5 heteroatoms. The highest BCUT2D eigenvalue weighted by molar-refractivity contribution is 5.51. The fourth-order valence-corrected chi connectivity index (χ4v) is 1.92. The summed E-state index contributed by atoms with van der Waals surface area (Å²) in [6.45, 7) is 4.63. The van der Waals surface area contributed by atoms with Gasteiger partial charge in [-0.2, -0.15) is 5.26 Å². The van der Waals surface area contributed by atoms with Crippen molar-refractivity contribution >= 4 is 11.6 Å². The molecular weight excluding hydrogens is 250 g/mol. The van der Waals surface area contributed by atoms with E-state index in [-0.39, 0.29) is 0 Å². The fraction of sp³-hybridized carbons (Fsp3) is 0.267. The lowest BCUT2D eigenvalue weighted by molar-refractivity contribution is 0.880. The lowest BCUT2D eigenvalue weighted by Crippen LogP contribution is -2.18. The Morgan fingerprint density at radius 3 is 2.55 bits per heavy atom. The third kappa shape index (κ3) is 3.45. The average Bonchev–Trinajstić information content (AvgIpc) is 2.41. The predicted octanol–water partition coefficient (Wildman–Crippen LogP) is 2.62. The molecule has 0 saturated heterocycles. The average molecular weight is 267 g/mol. The van der Waals surface area contributed by atoms with Gasteiger partial charge in [0.2, 0.25) is 0 Å². The van der Waals surface area contributed by atoms with Gasteiger partial charge in [-0.25, -0.2) is 9.97 Å². The Morgan fingerprint density at radius 2 is 1.90 bits per heavy atom. The third-order valence-electron chi connectivity index (χ3n) is 2.94. The molecule has 0 spiro atoms. The van der Waals surface area contributed by atoms with Crippen LogP contribution < -0.4 is 10.2 Å². The summed E-state index contributed by atoms with van der Waals surface area (Å²) in [4.78, 5) is 10.6. The van der Waals surface area contributed by atoms with Crippen molar-refractivity contribution in [2.24, 2.45) is 0 Å². The molecule has 1 N–H and O–H groups in total. The van der Waals surface area contributed by atoms with Crippen LogP contribution in [0.5, 0.6) is 0 Å². The van der Waals surface area contributed by atoms with Crippen LogP contribution in [0, 0.1) is 25.3 Å². The molecule has 0 bridgehead atoms. The summed E-state index contributed by atoms with van der Waals surface area (Å²) in [7, 11) is 1.97. The first-order chi connectivity index (χ1) is 9.58. The number of hydrogen-bond donors (Lipinski definition) is 1. The van der Waals surface area contributed by atoms with Gasteiger partial charge in [0, 0.05) is 19.7 Å². The molecule has 0 aliphatic rings. The Hall–Kier alpha value is -2.61. The van der Waals surface area contributed by atoms with Crippen molar-refractivity contribution in [1.29, 1.82) is 5.26 Å². The number of rotatable bonds is 4. The zero-order chi connectivity index (χ0) is 14.5. The molecule has 2 rings (SSSR count). The molecule has 0 saturated carbocycles. The summed E-state index contributed by atoms with van der Waals surface area (Å²) in [5.74, 6) is 1.94. The van der Waals surface area contributed by atoms with Crippen molar-refractivity contribution < 1.29 is 0 Å². The number of hydrogen-bond acceptors (Lipinski definition) is 5. The number of benzene rings is 1. The van der Waals surface area contributed by atoms with Crippen molar-refractivity contribution in [3.8, 4) is 6.19 Å². The normalized spacial score (nSPS) is 9.90. The van der Waals surface area contributed by atoms with E-state index in [0.717, 1.165) is 12.4 Å². The standard InChI is InChI=1S/C15H17N5/c1-11-4-6-13(7-5-11)9-20(3)15-8-14(17-10-16)18-12(2)19-15/h4-8H,9H2,1-3H3,(H,17,18,19). The van der Waals surface area contributed by atoms with Crippen LogP contribution in [0.25, 0.3) is 0 Å². The zero-order valence-electron chi connectivity index (χ0n) is 11.9. The van der Waals surface area contributed by atoms with E-state index in [0.29, 0.717) is 11.6 Å². The first-order valence-electron chi connectivity index (χ1n) is 6.36. The van der Waals surface area contributed by atoms with Crippen molar-refractivity contribution in [2.45, 2.75) is 20.4 Å². The minimum atomic E-state index is 0.519. The van der Waals surface area contributed by atoms with E-state index in [2.05, 4.69) is 46.5 Å². The first-order valence-corrected chi connectivity index (χ1v) is 6.36. The maximum absolute atomic E-state index is 8.67. The second-order valence-electron chi connectivity index (χ2n) is 4.74. The molecule has 0 radical (unpaired) electrons. The van der Waals surface area contributed by atoms with Gasteiger partial charge in [-0.15, -0.1) is 0 Å². The fourth-order valence-electron chi connectivity index (χ4n) is 1.92. The van der Waals surface area contributed by atoms with E-state index in [4.69, 9.17) is 5.26 Å². The highest BCUT2D eigenvalue weighted by atomic mass is 15.2. The van der Waals surface area contributed by atoms with Crippen LogP contribution in [0.1, 0.15) is 17.0 Å². The molecule has 0 atom stereocenters. The largest absolute Gasteiger partial charge is 0.355 e. The quantitative estimate of drug-likeness (QED) is 0.681. The maximum atomic E-state index is 8.67. The molecule has 1 aromatic heterocycles. The highest BCUT2D eigenvalue weighted by Gasteiger charge is 2.07. The molecule has 0 aliphatic carbocycles. The van der Waals surface area contributed by atoms with E-state index < -0.39 is 0 Å². The van der Waals surface area contributed by atoms with E-state index in [1.165, 1.54) is 11.1 Å². The number of nitrogens with zero attached hydrogens (tertiary/aromatic N) is 4. The number of anilines is 2. The van der Waals surface area contributed by atoms with Crippen molar-refractivity contribution in [3.63, 3.8) is 0 Å². The Morgan fingerprint density at radius 1 is 1.20 bits per heavy atom. The van der Waals surface area contributed by atoms with Crippen molar-refractivity contribution in [3.05, 3.63) is 47.3 Å². The van der Waals surface area contributed by atoms with Crippen LogP contribution in [-0.2, 0) is 6.54 Å².